The summed E-state index contributed by atoms with van der Waals surface area (Å²) in [6.07, 6.45) is 7.96. The zero-order valence-electron chi connectivity index (χ0n) is 19.5. The molecule has 2 aliphatic rings. The van der Waals surface area contributed by atoms with Crippen molar-refractivity contribution in [1.29, 1.82) is 0 Å². The maximum absolute atomic E-state index is 12.8. The number of hydrogen-bond acceptors (Lipinski definition) is 6. The Bertz CT molecular complexity index is 1100. The summed E-state index contributed by atoms with van der Waals surface area (Å²) in [6, 6.07) is 9.50. The molecule has 10 heteroatoms. The monoisotopic (exact) mass is 496 g/mol. The summed E-state index contributed by atoms with van der Waals surface area (Å²) in [7, 11) is -5.35. The van der Waals surface area contributed by atoms with E-state index in [-0.39, 0.29) is 5.54 Å². The van der Waals surface area contributed by atoms with Crippen molar-refractivity contribution in [1.82, 2.24) is 9.88 Å². The topological polar surface area (TPSA) is 65.5 Å². The minimum atomic E-state index is -5.35. The molecule has 1 aliphatic heterocycles. The van der Waals surface area contributed by atoms with E-state index < -0.39 is 20.2 Å². The minimum Gasteiger partial charge on any atom is -0.367 e. The summed E-state index contributed by atoms with van der Waals surface area (Å²) in [5.41, 5.74) is -3.67. The lowest BCUT2D eigenvalue weighted by Gasteiger charge is -2.29. The number of nitrogens with one attached hydrogen (secondary N) is 1. The first-order chi connectivity index (χ1) is 16.0. The van der Waals surface area contributed by atoms with Crippen molar-refractivity contribution in [2.45, 2.75) is 74.5 Å². The van der Waals surface area contributed by atoms with Crippen molar-refractivity contribution in [2.24, 2.45) is 0 Å². The third-order valence-electron chi connectivity index (χ3n) is 6.75. The van der Waals surface area contributed by atoms with Crippen LogP contribution in [0.5, 0.6) is 0 Å². The number of sulfone groups is 1. The van der Waals surface area contributed by atoms with Gasteiger partial charge in [0.25, 0.3) is 9.84 Å². The predicted molar refractivity (Wildman–Crippen MR) is 126 cm³/mol. The van der Waals surface area contributed by atoms with E-state index in [1.54, 1.807) is 0 Å². The van der Waals surface area contributed by atoms with Gasteiger partial charge in [0.2, 0.25) is 0 Å². The first-order valence-corrected chi connectivity index (χ1v) is 13.1. The standard InChI is InChI=1S/C24H31F3N4O2S/c1-23(2)16-30(20-8-10-21(11-9-20)34(32,33)24(25,26)27)17-31(23)15-18-12-13-28-22(14-18)29-19-6-4-3-5-7-19/h8-14,19H,3-7,15-17H2,1-2H3,(H,28,29). The van der Waals surface area contributed by atoms with Crippen molar-refractivity contribution in [3.8, 4) is 0 Å². The van der Waals surface area contributed by atoms with E-state index in [2.05, 4.69) is 35.1 Å². The van der Waals surface area contributed by atoms with E-state index in [9.17, 15) is 21.6 Å². The number of nitrogens with zero attached hydrogens (tertiary/aromatic N) is 3. The van der Waals surface area contributed by atoms with Crippen molar-refractivity contribution in [3.05, 3.63) is 48.2 Å². The predicted octanol–water partition coefficient (Wildman–Crippen LogP) is 5.18. The number of hydrogen-bond donors (Lipinski definition) is 1. The second-order valence-corrected chi connectivity index (χ2v) is 11.8. The lowest BCUT2D eigenvalue weighted by atomic mass is 9.95. The van der Waals surface area contributed by atoms with Crippen LogP contribution in [0.1, 0.15) is 51.5 Å². The molecule has 186 valence electrons. The van der Waals surface area contributed by atoms with Crippen molar-refractivity contribution in [3.63, 3.8) is 0 Å². The van der Waals surface area contributed by atoms with Crippen LogP contribution in [0.25, 0.3) is 0 Å². The van der Waals surface area contributed by atoms with Gasteiger partial charge in [0.05, 0.1) is 11.6 Å². The summed E-state index contributed by atoms with van der Waals surface area (Å²) >= 11 is 0. The Balaban J connectivity index is 1.44. The van der Waals surface area contributed by atoms with Gasteiger partial charge in [-0.15, -0.1) is 0 Å². The fourth-order valence-corrected chi connectivity index (χ4v) is 5.51. The van der Waals surface area contributed by atoms with E-state index in [0.29, 0.717) is 31.5 Å². The number of pyridine rings is 1. The van der Waals surface area contributed by atoms with Gasteiger partial charge in [-0.25, -0.2) is 13.4 Å². The van der Waals surface area contributed by atoms with Crippen LogP contribution >= 0.6 is 0 Å². The molecule has 1 saturated heterocycles. The van der Waals surface area contributed by atoms with Crippen LogP contribution in [0.15, 0.2) is 47.5 Å². The Morgan fingerprint density at radius 3 is 2.41 bits per heavy atom. The Morgan fingerprint density at radius 1 is 1.09 bits per heavy atom. The lowest BCUT2D eigenvalue weighted by molar-refractivity contribution is -0.0436. The Labute approximate surface area is 199 Å². The fourth-order valence-electron chi connectivity index (χ4n) is 4.75. The highest BCUT2D eigenvalue weighted by atomic mass is 32.2. The van der Waals surface area contributed by atoms with Crippen LogP contribution in [0, 0.1) is 0 Å². The SMILES string of the molecule is CC1(C)CN(c2ccc(S(=O)(=O)C(F)(F)F)cc2)CN1Cc1ccnc(NC2CCCCC2)c1. The molecule has 4 rings (SSSR count). The highest BCUT2D eigenvalue weighted by molar-refractivity contribution is 7.92. The number of anilines is 2. The number of rotatable bonds is 6. The lowest BCUT2D eigenvalue weighted by Crippen LogP contribution is -2.39. The third-order valence-corrected chi connectivity index (χ3v) is 8.25. The molecule has 1 N–H and O–H groups in total. The minimum absolute atomic E-state index is 0.184. The van der Waals surface area contributed by atoms with Gasteiger partial charge in [-0.2, -0.15) is 13.2 Å². The first kappa shape index (κ1) is 24.8. The second-order valence-electron chi connectivity index (χ2n) is 9.82. The first-order valence-electron chi connectivity index (χ1n) is 11.6. The highest BCUT2D eigenvalue weighted by Gasteiger charge is 2.47. The maximum Gasteiger partial charge on any atom is 0.501 e. The molecule has 0 radical (unpaired) electrons. The number of aromatic nitrogens is 1. The molecule has 0 atom stereocenters. The van der Waals surface area contributed by atoms with E-state index in [4.69, 9.17) is 0 Å². The zero-order chi connectivity index (χ0) is 24.6. The molecule has 0 unspecified atom stereocenters. The van der Waals surface area contributed by atoms with Crippen molar-refractivity contribution < 1.29 is 21.6 Å². The van der Waals surface area contributed by atoms with Gasteiger partial charge in [-0.3, -0.25) is 4.90 Å². The summed E-state index contributed by atoms with van der Waals surface area (Å²) in [5, 5.41) is 3.56. The van der Waals surface area contributed by atoms with Crippen molar-refractivity contribution >= 4 is 21.3 Å². The smallest absolute Gasteiger partial charge is 0.367 e. The van der Waals surface area contributed by atoms with Crippen LogP contribution in [0.4, 0.5) is 24.7 Å². The van der Waals surface area contributed by atoms with Gasteiger partial charge in [0.1, 0.15) is 5.82 Å². The Morgan fingerprint density at radius 2 is 1.76 bits per heavy atom. The van der Waals surface area contributed by atoms with Gasteiger partial charge in [-0.05, 0) is 68.7 Å². The van der Waals surface area contributed by atoms with Crippen LogP contribution in [0.3, 0.4) is 0 Å². The van der Waals surface area contributed by atoms with E-state index in [1.165, 1.54) is 44.2 Å². The van der Waals surface area contributed by atoms with Crippen LogP contribution in [-0.2, 0) is 16.4 Å². The van der Waals surface area contributed by atoms with E-state index in [1.807, 2.05) is 17.2 Å². The van der Waals surface area contributed by atoms with Gasteiger partial charge < -0.3 is 10.2 Å². The van der Waals surface area contributed by atoms with E-state index >= 15 is 0 Å². The third kappa shape index (κ3) is 5.33. The zero-order valence-corrected chi connectivity index (χ0v) is 20.3. The summed E-state index contributed by atoms with van der Waals surface area (Å²) in [4.78, 5) is 8.09. The molecular formula is C24H31F3N4O2S. The van der Waals surface area contributed by atoms with Gasteiger partial charge in [0, 0.05) is 36.6 Å². The number of benzene rings is 1. The molecular weight excluding hydrogens is 465 g/mol. The summed E-state index contributed by atoms with van der Waals surface area (Å²) in [6.45, 7) is 6.18. The summed E-state index contributed by atoms with van der Waals surface area (Å²) in [5.74, 6) is 0.889. The molecule has 2 heterocycles. The highest BCUT2D eigenvalue weighted by Crippen LogP contribution is 2.34. The molecule has 2 aromatic rings. The van der Waals surface area contributed by atoms with Crippen LogP contribution in [0.2, 0.25) is 0 Å². The summed E-state index contributed by atoms with van der Waals surface area (Å²) < 4.78 is 61.8. The molecule has 2 fully saturated rings. The van der Waals surface area contributed by atoms with E-state index in [0.717, 1.165) is 23.5 Å². The maximum atomic E-state index is 12.8. The second kappa shape index (κ2) is 9.37. The Hall–Kier alpha value is -2.33. The average molecular weight is 497 g/mol. The van der Waals surface area contributed by atoms with Gasteiger partial charge >= 0.3 is 5.51 Å². The molecule has 0 amide bonds. The normalized spacial score (nSPS) is 20.0. The van der Waals surface area contributed by atoms with Gasteiger partial charge in [0.15, 0.2) is 0 Å². The fraction of sp³-hybridized carbons (Fsp3) is 0.542. The van der Waals surface area contributed by atoms with Crippen molar-refractivity contribution in [2.75, 3.05) is 23.4 Å². The number of alkyl halides is 3. The largest absolute Gasteiger partial charge is 0.501 e. The molecule has 34 heavy (non-hydrogen) atoms. The molecule has 1 aromatic heterocycles. The molecule has 1 aliphatic carbocycles. The molecule has 1 aromatic carbocycles. The van der Waals surface area contributed by atoms with Gasteiger partial charge in [-0.1, -0.05) is 19.3 Å². The Kier molecular flexibility index (Phi) is 6.83. The number of halogens is 3. The average Bonchev–Trinajstić information content (AvgIpc) is 3.08. The van der Waals surface area contributed by atoms with Crippen LogP contribution < -0.4 is 10.2 Å². The molecule has 1 saturated carbocycles. The van der Waals surface area contributed by atoms with Crippen LogP contribution in [-0.4, -0.2) is 48.6 Å². The molecule has 0 spiro atoms. The molecule has 6 nitrogen and oxygen atoms in total. The molecule has 0 bridgehead atoms. The quantitative estimate of drug-likeness (QED) is 0.595.